The molecule has 0 aliphatic rings. The Morgan fingerprint density at radius 1 is 1.14 bits per heavy atom. The van der Waals surface area contributed by atoms with Crippen molar-refractivity contribution in [2.24, 2.45) is 0 Å². The molecule has 0 saturated heterocycles. The number of nitrogens with one attached hydrogen (secondary N) is 2. The lowest BCUT2D eigenvalue weighted by atomic mass is 10.2. The van der Waals surface area contributed by atoms with Crippen LogP contribution in [0.1, 0.15) is 26.9 Å². The van der Waals surface area contributed by atoms with E-state index in [2.05, 4.69) is 41.8 Å². The van der Waals surface area contributed by atoms with Crippen LogP contribution in [0.3, 0.4) is 0 Å². The Balaban J connectivity index is 1.44. The highest BCUT2D eigenvalue weighted by atomic mass is 79.9. The maximum Gasteiger partial charge on any atom is 0.316 e. The van der Waals surface area contributed by atoms with E-state index in [1.165, 1.54) is 12.1 Å². The quantitative estimate of drug-likeness (QED) is 0.495. The molecule has 2 heterocycles. The fourth-order valence-electron chi connectivity index (χ4n) is 2.15. The summed E-state index contributed by atoms with van der Waals surface area (Å²) in [5.74, 6) is -0.729. The van der Waals surface area contributed by atoms with Gasteiger partial charge in [0.15, 0.2) is 5.82 Å². The van der Waals surface area contributed by atoms with Gasteiger partial charge in [0.25, 0.3) is 5.91 Å². The predicted octanol–water partition coefficient (Wildman–Crippen LogP) is 2.54. The number of benzene rings is 1. The Kier molecular flexibility index (Phi) is 6.65. The lowest BCUT2D eigenvalue weighted by molar-refractivity contribution is 0.0898. The predicted molar refractivity (Wildman–Crippen MR) is 104 cm³/mol. The van der Waals surface area contributed by atoms with Crippen molar-refractivity contribution in [3.05, 3.63) is 62.4 Å². The molecule has 3 rings (SSSR count). The summed E-state index contributed by atoms with van der Waals surface area (Å²) >= 11 is 15.0. The second kappa shape index (κ2) is 9.18. The summed E-state index contributed by atoms with van der Waals surface area (Å²) in [4.78, 5) is 28.1. The SMILES string of the molecule is O=C(NCCNC(=O)c1nc(Cn2cc(Br)cn2)no1)c1ccc(Cl)c(Cl)c1. The van der Waals surface area contributed by atoms with E-state index >= 15 is 0 Å². The smallest absolute Gasteiger partial charge is 0.316 e. The van der Waals surface area contributed by atoms with Crippen LogP contribution in [0.5, 0.6) is 0 Å². The number of aromatic nitrogens is 4. The van der Waals surface area contributed by atoms with Crippen LogP contribution in [0.4, 0.5) is 0 Å². The lowest BCUT2D eigenvalue weighted by Crippen LogP contribution is -2.34. The number of rotatable bonds is 7. The van der Waals surface area contributed by atoms with Crippen LogP contribution in [0.25, 0.3) is 0 Å². The van der Waals surface area contributed by atoms with Gasteiger partial charge in [0.1, 0.15) is 6.54 Å². The molecule has 2 N–H and O–H groups in total. The van der Waals surface area contributed by atoms with Gasteiger partial charge < -0.3 is 15.2 Å². The minimum absolute atomic E-state index is 0.169. The first-order chi connectivity index (χ1) is 13.4. The third kappa shape index (κ3) is 5.31. The van der Waals surface area contributed by atoms with Gasteiger partial charge >= 0.3 is 11.8 Å². The molecule has 0 unspecified atom stereocenters. The molecule has 1 aromatic carbocycles. The van der Waals surface area contributed by atoms with Crippen molar-refractivity contribution in [1.29, 1.82) is 0 Å². The number of hydrogen-bond donors (Lipinski definition) is 2. The maximum absolute atomic E-state index is 12.0. The summed E-state index contributed by atoms with van der Waals surface area (Å²) in [6.45, 7) is 0.644. The summed E-state index contributed by atoms with van der Waals surface area (Å²) in [7, 11) is 0. The number of amides is 2. The summed E-state index contributed by atoms with van der Waals surface area (Å²) < 4.78 is 7.35. The molecule has 0 atom stereocenters. The molecule has 0 radical (unpaired) electrons. The molecule has 2 amide bonds. The van der Waals surface area contributed by atoms with Crippen molar-refractivity contribution in [1.82, 2.24) is 30.6 Å². The Morgan fingerprint density at radius 2 is 1.89 bits per heavy atom. The van der Waals surface area contributed by atoms with Gasteiger partial charge in [0.05, 0.1) is 20.7 Å². The molecule has 0 saturated carbocycles. The van der Waals surface area contributed by atoms with Crippen LogP contribution in [-0.2, 0) is 6.54 Å². The average Bonchev–Trinajstić information content (AvgIpc) is 3.30. The molecule has 3 aromatic rings. The normalized spacial score (nSPS) is 10.7. The molecule has 0 bridgehead atoms. The highest BCUT2D eigenvalue weighted by Crippen LogP contribution is 2.22. The molecular formula is C16H13BrCl2N6O3. The van der Waals surface area contributed by atoms with E-state index in [9.17, 15) is 9.59 Å². The first kappa shape index (κ1) is 20.3. The fraction of sp³-hybridized carbons (Fsp3) is 0.188. The van der Waals surface area contributed by atoms with E-state index in [1.807, 2.05) is 0 Å². The van der Waals surface area contributed by atoms with Crippen molar-refractivity contribution >= 4 is 50.9 Å². The topological polar surface area (TPSA) is 115 Å². The van der Waals surface area contributed by atoms with E-state index < -0.39 is 5.91 Å². The largest absolute Gasteiger partial charge is 0.350 e. The Morgan fingerprint density at radius 3 is 2.57 bits per heavy atom. The van der Waals surface area contributed by atoms with Gasteiger partial charge in [0, 0.05) is 24.8 Å². The minimum Gasteiger partial charge on any atom is -0.350 e. The highest BCUT2D eigenvalue weighted by Gasteiger charge is 2.15. The van der Waals surface area contributed by atoms with Crippen molar-refractivity contribution in [2.45, 2.75) is 6.54 Å². The Labute approximate surface area is 177 Å². The van der Waals surface area contributed by atoms with Gasteiger partial charge in [-0.05, 0) is 34.1 Å². The molecule has 9 nitrogen and oxygen atoms in total. The number of carbonyl (C=O) groups is 2. The van der Waals surface area contributed by atoms with Gasteiger partial charge in [-0.3, -0.25) is 14.3 Å². The number of nitrogens with zero attached hydrogens (tertiary/aromatic N) is 4. The molecule has 28 heavy (non-hydrogen) atoms. The van der Waals surface area contributed by atoms with Crippen LogP contribution >= 0.6 is 39.1 Å². The monoisotopic (exact) mass is 486 g/mol. The first-order valence-corrected chi connectivity index (χ1v) is 9.49. The maximum atomic E-state index is 12.0. The van der Waals surface area contributed by atoms with Gasteiger partial charge in [-0.2, -0.15) is 10.1 Å². The number of hydrogen-bond acceptors (Lipinski definition) is 6. The molecule has 0 fully saturated rings. The fourth-order valence-corrected chi connectivity index (χ4v) is 2.77. The molecule has 146 valence electrons. The van der Waals surface area contributed by atoms with Crippen molar-refractivity contribution in [3.8, 4) is 0 Å². The van der Waals surface area contributed by atoms with E-state index in [0.717, 1.165) is 4.47 Å². The molecule has 0 aliphatic carbocycles. The van der Waals surface area contributed by atoms with Crippen molar-refractivity contribution in [3.63, 3.8) is 0 Å². The van der Waals surface area contributed by atoms with Crippen LogP contribution in [0, 0.1) is 0 Å². The first-order valence-electron chi connectivity index (χ1n) is 7.94. The summed E-state index contributed by atoms with van der Waals surface area (Å²) in [5, 5.41) is 13.7. The second-order valence-electron chi connectivity index (χ2n) is 5.51. The third-order valence-corrected chi connectivity index (χ3v) is 4.59. The molecule has 12 heteroatoms. The zero-order valence-electron chi connectivity index (χ0n) is 14.2. The van der Waals surface area contributed by atoms with Gasteiger partial charge in [0.2, 0.25) is 0 Å². The van der Waals surface area contributed by atoms with Crippen molar-refractivity contribution < 1.29 is 14.1 Å². The summed E-state index contributed by atoms with van der Waals surface area (Å²) in [6.07, 6.45) is 3.37. The van der Waals surface area contributed by atoms with E-state index in [0.29, 0.717) is 16.4 Å². The van der Waals surface area contributed by atoms with E-state index in [4.69, 9.17) is 27.7 Å². The van der Waals surface area contributed by atoms with E-state index in [1.54, 1.807) is 23.1 Å². The van der Waals surface area contributed by atoms with Gasteiger partial charge in [-0.25, -0.2) is 0 Å². The van der Waals surface area contributed by atoms with Gasteiger partial charge in [-0.1, -0.05) is 28.4 Å². The summed E-state index contributed by atoms with van der Waals surface area (Å²) in [6, 6.07) is 4.56. The standard InChI is InChI=1S/C16H13BrCl2N6O3/c17-10-6-22-25(7-10)8-13-23-16(28-24-13)15(27)21-4-3-20-14(26)9-1-2-11(18)12(19)5-9/h1-2,5-7H,3-4,8H2,(H,20,26)(H,21,27). The summed E-state index contributed by atoms with van der Waals surface area (Å²) in [5.41, 5.74) is 0.368. The second-order valence-corrected chi connectivity index (χ2v) is 7.24. The third-order valence-electron chi connectivity index (χ3n) is 3.45. The molecular weight excluding hydrogens is 475 g/mol. The minimum atomic E-state index is -0.538. The van der Waals surface area contributed by atoms with Crippen molar-refractivity contribution in [2.75, 3.05) is 13.1 Å². The van der Waals surface area contributed by atoms with E-state index in [-0.39, 0.29) is 36.5 Å². The van der Waals surface area contributed by atoms with Crippen LogP contribution in [0.15, 0.2) is 39.6 Å². The number of carbonyl (C=O) groups excluding carboxylic acids is 2. The zero-order valence-corrected chi connectivity index (χ0v) is 17.3. The molecule has 0 aliphatic heterocycles. The molecule has 2 aromatic heterocycles. The zero-order chi connectivity index (χ0) is 20.1. The van der Waals surface area contributed by atoms with Crippen LogP contribution < -0.4 is 10.6 Å². The average molecular weight is 488 g/mol. The number of halogens is 3. The molecule has 0 spiro atoms. The van der Waals surface area contributed by atoms with Crippen LogP contribution in [0.2, 0.25) is 10.0 Å². The highest BCUT2D eigenvalue weighted by molar-refractivity contribution is 9.10. The lowest BCUT2D eigenvalue weighted by Gasteiger charge is -2.06. The van der Waals surface area contributed by atoms with Gasteiger partial charge in [-0.15, -0.1) is 0 Å². The van der Waals surface area contributed by atoms with Crippen LogP contribution in [-0.4, -0.2) is 44.8 Å². The Hall–Kier alpha value is -2.43. The Bertz CT molecular complexity index is 1010.